The summed E-state index contributed by atoms with van der Waals surface area (Å²) in [6.07, 6.45) is 0.959. The molecule has 0 fully saturated rings. The third-order valence-electron chi connectivity index (χ3n) is 4.52. The molecule has 2 heterocycles. The van der Waals surface area contributed by atoms with Gasteiger partial charge in [-0.25, -0.2) is 5.01 Å². The molecule has 7 nitrogen and oxygen atoms in total. The number of carbonyl (C=O) groups is 3. The van der Waals surface area contributed by atoms with Gasteiger partial charge in [-0.1, -0.05) is 23.7 Å². The van der Waals surface area contributed by atoms with E-state index in [4.69, 9.17) is 20.8 Å². The Labute approximate surface area is 173 Å². The monoisotopic (exact) mass is 416 g/mol. The van der Waals surface area contributed by atoms with Gasteiger partial charge in [-0.15, -0.1) is 0 Å². The second-order valence-corrected chi connectivity index (χ2v) is 7.24. The summed E-state index contributed by atoms with van der Waals surface area (Å²) in [5, 5.41) is 6.38. The molecule has 2 atom stereocenters. The van der Waals surface area contributed by atoms with E-state index in [2.05, 4.69) is 5.10 Å². The summed E-state index contributed by atoms with van der Waals surface area (Å²) < 4.78 is 10.7. The highest BCUT2D eigenvalue weighted by Crippen LogP contribution is 2.34. The molecular formula is C21H21ClN2O5. The minimum absolute atomic E-state index is 0.0616. The molecule has 0 saturated carbocycles. The van der Waals surface area contributed by atoms with E-state index in [-0.39, 0.29) is 18.6 Å². The standard InChI is InChI=1S/C21H21ClN2O5/c1-13(25)5-10-20(26)29-14(2)21(27)24-18(19-4-3-11-28-19)12-17(23-24)15-6-8-16(22)9-7-15/h3-4,6-9,11,14,18H,5,10,12H2,1-2H3/t14-,18-/m0/s1. The Kier molecular flexibility index (Phi) is 6.49. The molecule has 0 spiro atoms. The lowest BCUT2D eigenvalue weighted by molar-refractivity contribution is -0.160. The number of esters is 1. The highest BCUT2D eigenvalue weighted by Gasteiger charge is 2.37. The van der Waals surface area contributed by atoms with E-state index in [0.717, 1.165) is 5.56 Å². The first kappa shape index (κ1) is 20.8. The number of carbonyl (C=O) groups excluding carboxylic acids is 3. The van der Waals surface area contributed by atoms with Gasteiger partial charge in [-0.3, -0.25) is 9.59 Å². The molecule has 1 aromatic carbocycles. The SMILES string of the molecule is CC(=O)CCC(=O)O[C@@H](C)C(=O)N1N=C(c2ccc(Cl)cc2)C[C@H]1c1ccco1. The molecular weight excluding hydrogens is 396 g/mol. The fourth-order valence-electron chi connectivity index (χ4n) is 3.00. The maximum atomic E-state index is 13.0. The smallest absolute Gasteiger partial charge is 0.307 e. The number of ketones is 1. The van der Waals surface area contributed by atoms with Crippen LogP contribution in [0.3, 0.4) is 0 Å². The molecule has 0 saturated heterocycles. The molecule has 1 aliphatic rings. The summed E-state index contributed by atoms with van der Waals surface area (Å²) >= 11 is 5.95. The van der Waals surface area contributed by atoms with Crippen LogP contribution in [0.4, 0.5) is 0 Å². The molecule has 0 N–H and O–H groups in total. The van der Waals surface area contributed by atoms with E-state index in [9.17, 15) is 14.4 Å². The molecule has 0 radical (unpaired) electrons. The van der Waals surface area contributed by atoms with Gasteiger partial charge in [0, 0.05) is 17.9 Å². The topological polar surface area (TPSA) is 89.2 Å². The average Bonchev–Trinajstić information content (AvgIpc) is 3.36. The van der Waals surface area contributed by atoms with E-state index < -0.39 is 24.0 Å². The van der Waals surface area contributed by atoms with Crippen molar-refractivity contribution in [2.75, 3.05) is 0 Å². The molecule has 1 aliphatic heterocycles. The number of rotatable bonds is 7. The van der Waals surface area contributed by atoms with Crippen LogP contribution in [0.2, 0.25) is 5.02 Å². The van der Waals surface area contributed by atoms with Crippen molar-refractivity contribution >= 4 is 35.0 Å². The zero-order valence-corrected chi connectivity index (χ0v) is 16.9. The number of hydrazone groups is 1. The molecule has 1 amide bonds. The van der Waals surface area contributed by atoms with Gasteiger partial charge in [-0.05, 0) is 43.7 Å². The Bertz CT molecular complexity index is 921. The molecule has 2 aromatic rings. The Hall–Kier alpha value is -2.93. The molecule has 0 bridgehead atoms. The number of hydrogen-bond donors (Lipinski definition) is 0. The molecule has 0 unspecified atom stereocenters. The van der Waals surface area contributed by atoms with Crippen LogP contribution in [0.5, 0.6) is 0 Å². The second kappa shape index (κ2) is 9.05. The first-order valence-corrected chi connectivity index (χ1v) is 9.61. The quantitative estimate of drug-likeness (QED) is 0.638. The van der Waals surface area contributed by atoms with Crippen LogP contribution >= 0.6 is 11.6 Å². The van der Waals surface area contributed by atoms with Gasteiger partial charge >= 0.3 is 5.97 Å². The maximum absolute atomic E-state index is 13.0. The summed E-state index contributed by atoms with van der Waals surface area (Å²) in [5.74, 6) is -0.597. The molecule has 29 heavy (non-hydrogen) atoms. The van der Waals surface area contributed by atoms with Gasteiger partial charge in [0.25, 0.3) is 5.91 Å². The molecule has 8 heteroatoms. The van der Waals surface area contributed by atoms with Crippen molar-refractivity contribution in [2.24, 2.45) is 5.10 Å². The maximum Gasteiger partial charge on any atom is 0.307 e. The van der Waals surface area contributed by atoms with Crippen molar-refractivity contribution < 1.29 is 23.5 Å². The van der Waals surface area contributed by atoms with E-state index in [1.165, 1.54) is 25.1 Å². The van der Waals surface area contributed by atoms with Gasteiger partial charge in [0.15, 0.2) is 6.10 Å². The predicted molar refractivity (Wildman–Crippen MR) is 106 cm³/mol. The Morgan fingerprint density at radius 3 is 2.59 bits per heavy atom. The van der Waals surface area contributed by atoms with Gasteiger partial charge in [-0.2, -0.15) is 5.10 Å². The van der Waals surface area contributed by atoms with Crippen LogP contribution in [-0.4, -0.2) is 34.5 Å². The first-order chi connectivity index (χ1) is 13.8. The molecule has 152 valence electrons. The summed E-state index contributed by atoms with van der Waals surface area (Å²) in [7, 11) is 0. The third-order valence-corrected chi connectivity index (χ3v) is 4.77. The van der Waals surface area contributed by atoms with Gasteiger partial charge in [0.2, 0.25) is 0 Å². The van der Waals surface area contributed by atoms with Gasteiger partial charge < -0.3 is 13.9 Å². The van der Waals surface area contributed by atoms with Crippen LogP contribution in [0, 0.1) is 0 Å². The zero-order chi connectivity index (χ0) is 21.0. The number of ether oxygens (including phenoxy) is 1. The third kappa shape index (κ3) is 5.12. The van der Waals surface area contributed by atoms with Crippen LogP contribution in [0.15, 0.2) is 52.2 Å². The zero-order valence-electron chi connectivity index (χ0n) is 16.1. The number of furan rings is 1. The van der Waals surface area contributed by atoms with Crippen LogP contribution < -0.4 is 0 Å². The lowest BCUT2D eigenvalue weighted by Gasteiger charge is -2.23. The largest absolute Gasteiger partial charge is 0.467 e. The fraction of sp³-hybridized carbons (Fsp3) is 0.333. The normalized spacial score (nSPS) is 17.0. The first-order valence-electron chi connectivity index (χ1n) is 9.24. The summed E-state index contributed by atoms with van der Waals surface area (Å²) in [4.78, 5) is 35.9. The van der Waals surface area contributed by atoms with E-state index >= 15 is 0 Å². The molecule has 0 aliphatic carbocycles. The second-order valence-electron chi connectivity index (χ2n) is 6.81. The number of nitrogens with zero attached hydrogens (tertiary/aromatic N) is 2. The fourth-order valence-corrected chi connectivity index (χ4v) is 3.13. The van der Waals surface area contributed by atoms with Crippen LogP contribution in [0.25, 0.3) is 0 Å². The highest BCUT2D eigenvalue weighted by atomic mass is 35.5. The summed E-state index contributed by atoms with van der Waals surface area (Å²) in [6.45, 7) is 2.88. The Balaban J connectivity index is 1.78. The van der Waals surface area contributed by atoms with Crippen molar-refractivity contribution in [1.29, 1.82) is 0 Å². The van der Waals surface area contributed by atoms with Crippen molar-refractivity contribution in [3.63, 3.8) is 0 Å². The van der Waals surface area contributed by atoms with Crippen molar-refractivity contribution in [3.8, 4) is 0 Å². The van der Waals surface area contributed by atoms with Crippen molar-refractivity contribution in [2.45, 2.75) is 45.3 Å². The van der Waals surface area contributed by atoms with Crippen LogP contribution in [-0.2, 0) is 19.1 Å². The minimum atomic E-state index is -1.04. The number of hydrogen-bond acceptors (Lipinski definition) is 6. The van der Waals surface area contributed by atoms with Crippen LogP contribution in [0.1, 0.15) is 50.5 Å². The lowest BCUT2D eigenvalue weighted by Crippen LogP contribution is -2.37. The number of benzene rings is 1. The van der Waals surface area contributed by atoms with E-state index in [0.29, 0.717) is 22.9 Å². The van der Waals surface area contributed by atoms with E-state index in [1.807, 2.05) is 12.1 Å². The van der Waals surface area contributed by atoms with Crippen molar-refractivity contribution in [1.82, 2.24) is 5.01 Å². The number of Topliss-reactive ketones (excluding diaryl/α,β-unsaturated/α-hetero) is 1. The minimum Gasteiger partial charge on any atom is -0.467 e. The number of halogens is 1. The molecule has 3 rings (SSSR count). The average molecular weight is 417 g/mol. The number of amides is 1. The summed E-state index contributed by atoms with van der Waals surface area (Å²) in [6, 6.07) is 10.2. The lowest BCUT2D eigenvalue weighted by atomic mass is 10.0. The van der Waals surface area contributed by atoms with E-state index in [1.54, 1.807) is 24.3 Å². The predicted octanol–water partition coefficient (Wildman–Crippen LogP) is 3.91. The Morgan fingerprint density at radius 2 is 1.97 bits per heavy atom. The van der Waals surface area contributed by atoms with Gasteiger partial charge in [0.05, 0.1) is 18.4 Å². The highest BCUT2D eigenvalue weighted by molar-refractivity contribution is 6.30. The Morgan fingerprint density at radius 1 is 1.24 bits per heavy atom. The van der Waals surface area contributed by atoms with Crippen molar-refractivity contribution in [3.05, 3.63) is 59.0 Å². The van der Waals surface area contributed by atoms with Gasteiger partial charge in [0.1, 0.15) is 17.6 Å². The molecule has 1 aromatic heterocycles. The summed E-state index contributed by atoms with van der Waals surface area (Å²) in [5.41, 5.74) is 1.54.